The minimum atomic E-state index is -0.0358. The van der Waals surface area contributed by atoms with Gasteiger partial charge in [-0.15, -0.1) is 11.3 Å². The third kappa shape index (κ3) is 4.03. The Hall–Kier alpha value is -2.72. The first-order chi connectivity index (χ1) is 12.0. The van der Waals surface area contributed by atoms with Gasteiger partial charge < -0.3 is 4.74 Å². The van der Waals surface area contributed by atoms with Crippen LogP contribution in [0.1, 0.15) is 36.0 Å². The molecule has 0 atom stereocenters. The predicted octanol–water partition coefficient (Wildman–Crippen LogP) is 4.86. The molecule has 3 rings (SSSR count). The van der Waals surface area contributed by atoms with Crippen LogP contribution in [0.5, 0.6) is 5.75 Å². The monoisotopic (exact) mass is 350 g/mol. The topological polar surface area (TPSA) is 43.4 Å². The molecule has 4 heteroatoms. The van der Waals surface area contributed by atoms with E-state index in [9.17, 15) is 9.59 Å². The van der Waals surface area contributed by atoms with Crippen molar-refractivity contribution in [1.82, 2.24) is 0 Å². The van der Waals surface area contributed by atoms with Gasteiger partial charge >= 0.3 is 0 Å². The van der Waals surface area contributed by atoms with Crippen LogP contribution in [0, 0.1) is 13.8 Å². The second kappa shape index (κ2) is 7.45. The molecule has 0 bridgehead atoms. The molecule has 0 fully saturated rings. The quantitative estimate of drug-likeness (QED) is 0.597. The summed E-state index contributed by atoms with van der Waals surface area (Å²) in [5.41, 5.74) is 1.96. The molecular formula is C21H18O3S. The highest BCUT2D eigenvalue weighted by Gasteiger charge is 2.13. The molecule has 0 saturated carbocycles. The normalized spacial score (nSPS) is 10.5. The Labute approximate surface area is 150 Å². The fourth-order valence-electron chi connectivity index (χ4n) is 2.59. The Bertz CT molecular complexity index is 893. The zero-order valence-electron chi connectivity index (χ0n) is 14.1. The standard InChI is InChI=1S/C21H18O3S/c1-14-12-19(15(2)25-14)20(22)13-24-18-10-8-17(9-11-18)21(23)16-6-4-3-5-7-16/h3-12H,13H2,1-2H3. The van der Waals surface area contributed by atoms with Crippen molar-refractivity contribution in [3.8, 4) is 5.75 Å². The van der Waals surface area contributed by atoms with Crippen molar-refractivity contribution in [2.45, 2.75) is 13.8 Å². The molecule has 3 aromatic rings. The third-order valence-corrected chi connectivity index (χ3v) is 4.83. The van der Waals surface area contributed by atoms with Gasteiger partial charge in [0.25, 0.3) is 0 Å². The van der Waals surface area contributed by atoms with Crippen molar-refractivity contribution < 1.29 is 14.3 Å². The van der Waals surface area contributed by atoms with E-state index in [1.807, 2.05) is 38.1 Å². The SMILES string of the molecule is Cc1cc(C(=O)COc2ccc(C(=O)c3ccccc3)cc2)c(C)s1. The molecule has 2 aromatic carbocycles. The van der Waals surface area contributed by atoms with Gasteiger partial charge in [0.1, 0.15) is 5.75 Å². The van der Waals surface area contributed by atoms with Crippen molar-refractivity contribution in [1.29, 1.82) is 0 Å². The minimum absolute atomic E-state index is 0.0109. The maximum Gasteiger partial charge on any atom is 0.201 e. The smallest absolute Gasteiger partial charge is 0.201 e. The van der Waals surface area contributed by atoms with Crippen molar-refractivity contribution >= 4 is 22.9 Å². The Morgan fingerprint density at radius 1 is 0.920 bits per heavy atom. The lowest BCUT2D eigenvalue weighted by molar-refractivity contribution is 0.0920. The summed E-state index contributed by atoms with van der Waals surface area (Å²) in [7, 11) is 0. The zero-order valence-corrected chi connectivity index (χ0v) is 14.9. The number of carbonyl (C=O) groups excluding carboxylic acids is 2. The first-order valence-electron chi connectivity index (χ1n) is 7.97. The largest absolute Gasteiger partial charge is 0.485 e. The highest BCUT2D eigenvalue weighted by molar-refractivity contribution is 7.12. The molecule has 126 valence electrons. The van der Waals surface area contributed by atoms with Crippen molar-refractivity contribution in [3.63, 3.8) is 0 Å². The Morgan fingerprint density at radius 2 is 1.56 bits per heavy atom. The van der Waals surface area contributed by atoms with Crippen LogP contribution in [0.25, 0.3) is 0 Å². The van der Waals surface area contributed by atoms with Crippen molar-refractivity contribution in [2.75, 3.05) is 6.61 Å². The second-order valence-electron chi connectivity index (χ2n) is 5.76. The summed E-state index contributed by atoms with van der Waals surface area (Å²) in [6, 6.07) is 17.9. The molecule has 0 unspecified atom stereocenters. The average molecular weight is 350 g/mol. The second-order valence-corrected chi connectivity index (χ2v) is 7.22. The number of carbonyl (C=O) groups is 2. The lowest BCUT2D eigenvalue weighted by atomic mass is 10.0. The highest BCUT2D eigenvalue weighted by atomic mass is 32.1. The van der Waals surface area contributed by atoms with E-state index in [2.05, 4.69) is 0 Å². The maximum absolute atomic E-state index is 12.4. The number of aryl methyl sites for hydroxylation is 2. The van der Waals surface area contributed by atoms with Crippen molar-refractivity contribution in [3.05, 3.63) is 87.1 Å². The maximum atomic E-state index is 12.4. The molecule has 0 aliphatic heterocycles. The van der Waals surface area contributed by atoms with Crippen LogP contribution in [-0.2, 0) is 0 Å². The molecule has 1 aromatic heterocycles. The van der Waals surface area contributed by atoms with E-state index >= 15 is 0 Å². The van der Waals surface area contributed by atoms with Crippen LogP contribution in [0.3, 0.4) is 0 Å². The van der Waals surface area contributed by atoms with E-state index in [4.69, 9.17) is 4.74 Å². The van der Waals surface area contributed by atoms with E-state index < -0.39 is 0 Å². The molecular weight excluding hydrogens is 332 g/mol. The van der Waals surface area contributed by atoms with Gasteiger partial charge in [-0.05, 0) is 44.2 Å². The van der Waals surface area contributed by atoms with Crippen LogP contribution < -0.4 is 4.74 Å². The average Bonchev–Trinajstić information content (AvgIpc) is 2.98. The van der Waals surface area contributed by atoms with E-state index in [-0.39, 0.29) is 18.2 Å². The van der Waals surface area contributed by atoms with Gasteiger partial charge in [0.05, 0.1) is 0 Å². The summed E-state index contributed by atoms with van der Waals surface area (Å²) in [5, 5.41) is 0. The number of ether oxygens (including phenoxy) is 1. The summed E-state index contributed by atoms with van der Waals surface area (Å²) in [5.74, 6) is 0.501. The molecule has 0 amide bonds. The van der Waals surface area contributed by atoms with Gasteiger partial charge in [0.2, 0.25) is 5.78 Å². The van der Waals surface area contributed by atoms with Crippen LogP contribution in [-0.4, -0.2) is 18.2 Å². The summed E-state index contributed by atoms with van der Waals surface area (Å²) < 4.78 is 5.57. The van der Waals surface area contributed by atoms with Crippen LogP contribution in [0.2, 0.25) is 0 Å². The lowest BCUT2D eigenvalue weighted by Crippen LogP contribution is -2.11. The van der Waals surface area contributed by atoms with Crippen LogP contribution in [0.15, 0.2) is 60.7 Å². The number of benzene rings is 2. The van der Waals surface area contributed by atoms with Gasteiger partial charge in [-0.1, -0.05) is 30.3 Å². The van der Waals surface area contributed by atoms with Gasteiger partial charge in [-0.25, -0.2) is 0 Å². The predicted molar refractivity (Wildman–Crippen MR) is 99.9 cm³/mol. The highest BCUT2D eigenvalue weighted by Crippen LogP contribution is 2.22. The van der Waals surface area contributed by atoms with E-state index in [0.717, 1.165) is 15.3 Å². The number of rotatable bonds is 6. The van der Waals surface area contributed by atoms with Gasteiger partial charge in [0, 0.05) is 26.4 Å². The fourth-order valence-corrected chi connectivity index (χ4v) is 3.54. The van der Waals surface area contributed by atoms with Crippen LogP contribution in [0.4, 0.5) is 0 Å². The molecule has 0 aliphatic rings. The Balaban J connectivity index is 1.64. The van der Waals surface area contributed by atoms with E-state index in [0.29, 0.717) is 16.9 Å². The zero-order chi connectivity index (χ0) is 17.8. The minimum Gasteiger partial charge on any atom is -0.485 e. The van der Waals surface area contributed by atoms with Gasteiger partial charge in [0.15, 0.2) is 12.4 Å². The number of hydrogen-bond acceptors (Lipinski definition) is 4. The summed E-state index contributed by atoms with van der Waals surface area (Å²) in [4.78, 5) is 26.7. The first-order valence-corrected chi connectivity index (χ1v) is 8.79. The first kappa shape index (κ1) is 17.1. The molecule has 0 radical (unpaired) electrons. The van der Waals surface area contributed by atoms with Gasteiger partial charge in [-0.2, -0.15) is 0 Å². The third-order valence-electron chi connectivity index (χ3n) is 3.86. The number of ketones is 2. The van der Waals surface area contributed by atoms with Gasteiger partial charge in [-0.3, -0.25) is 9.59 Å². The lowest BCUT2D eigenvalue weighted by Gasteiger charge is -2.07. The summed E-state index contributed by atoms with van der Waals surface area (Å²) >= 11 is 1.61. The molecule has 0 N–H and O–H groups in total. The summed E-state index contributed by atoms with van der Waals surface area (Å²) in [6.45, 7) is 3.91. The molecule has 3 nitrogen and oxygen atoms in total. The number of thiophene rings is 1. The Morgan fingerprint density at radius 3 is 2.16 bits per heavy atom. The molecule has 1 heterocycles. The summed E-state index contributed by atoms with van der Waals surface area (Å²) in [6.07, 6.45) is 0. The van der Waals surface area contributed by atoms with E-state index in [1.165, 1.54) is 0 Å². The molecule has 0 saturated heterocycles. The molecule has 0 spiro atoms. The van der Waals surface area contributed by atoms with E-state index in [1.54, 1.807) is 47.7 Å². The fraction of sp³-hybridized carbons (Fsp3) is 0.143. The number of Topliss-reactive ketones (excluding diaryl/α,β-unsaturated/α-hetero) is 1. The van der Waals surface area contributed by atoms with Crippen molar-refractivity contribution in [2.24, 2.45) is 0 Å². The van der Waals surface area contributed by atoms with Crippen LogP contribution >= 0.6 is 11.3 Å². The molecule has 25 heavy (non-hydrogen) atoms. The number of hydrogen-bond donors (Lipinski definition) is 0. The Kier molecular flexibility index (Phi) is 5.10. The molecule has 0 aliphatic carbocycles.